The lowest BCUT2D eigenvalue weighted by Crippen LogP contribution is -2.48. The normalized spacial score (nSPS) is 18.2. The second-order valence-corrected chi connectivity index (χ2v) is 6.32. The van der Waals surface area contributed by atoms with Crippen molar-refractivity contribution in [3.8, 4) is 0 Å². The Bertz CT molecular complexity index is 287. The van der Waals surface area contributed by atoms with Gasteiger partial charge in [-0.2, -0.15) is 0 Å². The van der Waals surface area contributed by atoms with E-state index in [2.05, 4.69) is 5.32 Å². The van der Waals surface area contributed by atoms with E-state index in [0.717, 1.165) is 32.4 Å². The molecule has 1 amide bonds. The van der Waals surface area contributed by atoms with E-state index in [1.165, 1.54) is 25.7 Å². The molecule has 118 valence electrons. The van der Waals surface area contributed by atoms with Crippen molar-refractivity contribution < 1.29 is 9.53 Å². The first-order chi connectivity index (χ1) is 9.58. The number of hydrogen-bond acceptors (Lipinski definition) is 3. The smallest absolute Gasteiger partial charge is 0.227 e. The molecular formula is C16H32N2O2. The minimum atomic E-state index is -0.388. The van der Waals surface area contributed by atoms with Crippen LogP contribution in [0.1, 0.15) is 58.8 Å². The number of carbonyl (C=O) groups is 1. The summed E-state index contributed by atoms with van der Waals surface area (Å²) in [7, 11) is 1.74. The Kier molecular flexibility index (Phi) is 6.96. The lowest BCUT2D eigenvalue weighted by atomic mass is 9.79. The van der Waals surface area contributed by atoms with Crippen molar-refractivity contribution in [2.75, 3.05) is 26.8 Å². The van der Waals surface area contributed by atoms with Gasteiger partial charge in [-0.1, -0.05) is 26.7 Å². The van der Waals surface area contributed by atoms with Crippen LogP contribution in [0.15, 0.2) is 0 Å². The molecular weight excluding hydrogens is 252 g/mol. The Morgan fingerprint density at radius 3 is 2.35 bits per heavy atom. The summed E-state index contributed by atoms with van der Waals surface area (Å²) in [5.41, 5.74) is 5.70. The van der Waals surface area contributed by atoms with Crippen LogP contribution >= 0.6 is 0 Å². The molecule has 4 nitrogen and oxygen atoms in total. The Labute approximate surface area is 123 Å². The highest BCUT2D eigenvalue weighted by Crippen LogP contribution is 2.40. The molecule has 0 radical (unpaired) electrons. The first-order valence-corrected chi connectivity index (χ1v) is 8.05. The van der Waals surface area contributed by atoms with Crippen molar-refractivity contribution in [3.05, 3.63) is 0 Å². The van der Waals surface area contributed by atoms with Crippen LogP contribution in [0.2, 0.25) is 0 Å². The van der Waals surface area contributed by atoms with E-state index in [1.54, 1.807) is 7.11 Å². The first kappa shape index (κ1) is 17.4. The highest BCUT2D eigenvalue weighted by Gasteiger charge is 2.37. The second-order valence-electron chi connectivity index (χ2n) is 6.32. The molecule has 0 aromatic rings. The molecule has 0 heterocycles. The van der Waals surface area contributed by atoms with Crippen LogP contribution in [0.25, 0.3) is 0 Å². The van der Waals surface area contributed by atoms with Crippen LogP contribution in [-0.2, 0) is 9.53 Å². The molecule has 0 aliphatic heterocycles. The first-order valence-electron chi connectivity index (χ1n) is 8.05. The molecule has 0 aromatic heterocycles. The predicted molar refractivity (Wildman–Crippen MR) is 82.5 cm³/mol. The molecule has 1 saturated carbocycles. The molecule has 0 bridgehead atoms. The standard InChI is InChI=1S/C16H32N2O2/c1-4-16(5-2,12-17)14(19)18-13-15(10-11-20-3)8-6-7-9-15/h4-13,17H2,1-3H3,(H,18,19). The Morgan fingerprint density at radius 2 is 1.90 bits per heavy atom. The van der Waals surface area contributed by atoms with Crippen LogP contribution in [0.5, 0.6) is 0 Å². The van der Waals surface area contributed by atoms with Gasteiger partial charge in [0.2, 0.25) is 5.91 Å². The number of amides is 1. The number of rotatable bonds is 9. The molecule has 0 saturated heterocycles. The van der Waals surface area contributed by atoms with E-state index in [-0.39, 0.29) is 16.7 Å². The Hall–Kier alpha value is -0.610. The third kappa shape index (κ3) is 3.95. The predicted octanol–water partition coefficient (Wildman–Crippen LogP) is 2.46. The van der Waals surface area contributed by atoms with Crippen molar-refractivity contribution in [2.24, 2.45) is 16.6 Å². The summed E-state index contributed by atoms with van der Waals surface area (Å²) in [6.07, 6.45) is 7.58. The third-order valence-corrected chi connectivity index (χ3v) is 5.35. The fourth-order valence-corrected chi connectivity index (χ4v) is 3.37. The largest absolute Gasteiger partial charge is 0.385 e. The van der Waals surface area contributed by atoms with E-state index in [9.17, 15) is 4.79 Å². The zero-order valence-electron chi connectivity index (χ0n) is 13.5. The zero-order chi connectivity index (χ0) is 15.1. The zero-order valence-corrected chi connectivity index (χ0v) is 13.5. The topological polar surface area (TPSA) is 64.4 Å². The number of hydrogen-bond donors (Lipinski definition) is 2. The SMILES string of the molecule is CCC(CC)(CN)C(=O)NCC1(CCOC)CCCC1. The number of ether oxygens (including phenoxy) is 1. The summed E-state index contributed by atoms with van der Waals surface area (Å²) < 4.78 is 5.23. The summed E-state index contributed by atoms with van der Waals surface area (Å²) in [6.45, 7) is 6.08. The number of methoxy groups -OCH3 is 1. The van der Waals surface area contributed by atoms with Gasteiger partial charge in [0.1, 0.15) is 0 Å². The summed E-state index contributed by atoms with van der Waals surface area (Å²) in [6, 6.07) is 0. The van der Waals surface area contributed by atoms with Crippen molar-refractivity contribution in [3.63, 3.8) is 0 Å². The molecule has 0 atom stereocenters. The highest BCUT2D eigenvalue weighted by atomic mass is 16.5. The second kappa shape index (κ2) is 7.99. The molecule has 1 rings (SSSR count). The van der Waals surface area contributed by atoms with Gasteiger partial charge in [-0.25, -0.2) is 0 Å². The van der Waals surface area contributed by atoms with E-state index in [0.29, 0.717) is 6.54 Å². The maximum Gasteiger partial charge on any atom is 0.227 e. The molecule has 0 unspecified atom stereocenters. The summed E-state index contributed by atoms with van der Waals surface area (Å²) >= 11 is 0. The van der Waals surface area contributed by atoms with Crippen LogP contribution in [0, 0.1) is 10.8 Å². The van der Waals surface area contributed by atoms with Crippen LogP contribution in [-0.4, -0.2) is 32.7 Å². The molecule has 0 spiro atoms. The van der Waals surface area contributed by atoms with E-state index in [4.69, 9.17) is 10.5 Å². The summed E-state index contributed by atoms with van der Waals surface area (Å²) in [5.74, 6) is 0.133. The molecule has 0 aromatic carbocycles. The Balaban J connectivity index is 2.60. The van der Waals surface area contributed by atoms with E-state index >= 15 is 0 Å². The third-order valence-electron chi connectivity index (χ3n) is 5.35. The van der Waals surface area contributed by atoms with Crippen molar-refractivity contribution >= 4 is 5.91 Å². The van der Waals surface area contributed by atoms with Gasteiger partial charge in [0.15, 0.2) is 0 Å². The van der Waals surface area contributed by atoms with Gasteiger partial charge in [-0.05, 0) is 37.5 Å². The van der Waals surface area contributed by atoms with Crippen molar-refractivity contribution in [1.29, 1.82) is 0 Å². The molecule has 1 aliphatic carbocycles. The monoisotopic (exact) mass is 284 g/mol. The molecule has 1 fully saturated rings. The molecule has 3 N–H and O–H groups in total. The van der Waals surface area contributed by atoms with Gasteiger partial charge >= 0.3 is 0 Å². The van der Waals surface area contributed by atoms with Gasteiger partial charge in [0.05, 0.1) is 5.41 Å². The van der Waals surface area contributed by atoms with Gasteiger partial charge in [-0.15, -0.1) is 0 Å². The van der Waals surface area contributed by atoms with Crippen LogP contribution < -0.4 is 11.1 Å². The highest BCUT2D eigenvalue weighted by molar-refractivity contribution is 5.82. The average molecular weight is 284 g/mol. The van der Waals surface area contributed by atoms with Crippen LogP contribution in [0.4, 0.5) is 0 Å². The van der Waals surface area contributed by atoms with Gasteiger partial charge < -0.3 is 15.8 Å². The van der Waals surface area contributed by atoms with E-state index in [1.807, 2.05) is 13.8 Å². The molecule has 4 heteroatoms. The lowest BCUT2D eigenvalue weighted by molar-refractivity contribution is -0.131. The van der Waals surface area contributed by atoms with Crippen molar-refractivity contribution in [2.45, 2.75) is 58.8 Å². The van der Waals surface area contributed by atoms with Crippen molar-refractivity contribution in [1.82, 2.24) is 5.32 Å². The lowest BCUT2D eigenvalue weighted by Gasteiger charge is -2.33. The minimum Gasteiger partial charge on any atom is -0.385 e. The Morgan fingerprint density at radius 1 is 1.30 bits per heavy atom. The number of nitrogens with one attached hydrogen (secondary N) is 1. The van der Waals surface area contributed by atoms with Gasteiger partial charge in [0, 0.05) is 26.8 Å². The maximum absolute atomic E-state index is 12.5. The number of carbonyl (C=O) groups excluding carboxylic acids is 1. The van der Waals surface area contributed by atoms with Crippen LogP contribution in [0.3, 0.4) is 0 Å². The fraction of sp³-hybridized carbons (Fsp3) is 0.938. The molecule has 1 aliphatic rings. The average Bonchev–Trinajstić information content (AvgIpc) is 2.95. The maximum atomic E-state index is 12.5. The van der Waals surface area contributed by atoms with Gasteiger partial charge in [0.25, 0.3) is 0 Å². The quantitative estimate of drug-likeness (QED) is 0.683. The van der Waals surface area contributed by atoms with Gasteiger partial charge in [-0.3, -0.25) is 4.79 Å². The minimum absolute atomic E-state index is 0.133. The number of nitrogens with two attached hydrogens (primary N) is 1. The van der Waals surface area contributed by atoms with E-state index < -0.39 is 0 Å². The molecule has 20 heavy (non-hydrogen) atoms. The summed E-state index contributed by atoms with van der Waals surface area (Å²) in [4.78, 5) is 12.5. The fourth-order valence-electron chi connectivity index (χ4n) is 3.37. The summed E-state index contributed by atoms with van der Waals surface area (Å²) in [5, 5.41) is 3.19.